The molecular formula is C15H30N4O. The molecule has 0 spiro atoms. The monoisotopic (exact) mass is 282 g/mol. The molecule has 0 amide bonds. The maximum Gasteiger partial charge on any atom is 0.315 e. The molecule has 1 aromatic rings. The number of hydrogen-bond acceptors (Lipinski definition) is 5. The van der Waals surface area contributed by atoms with Crippen LogP contribution in [0.2, 0.25) is 0 Å². The molecule has 1 unspecified atom stereocenters. The molecule has 5 nitrogen and oxygen atoms in total. The zero-order chi connectivity index (χ0) is 15.0. The maximum atomic E-state index is 5.58. The Morgan fingerprint density at radius 3 is 2.55 bits per heavy atom. The van der Waals surface area contributed by atoms with Crippen LogP contribution in [0.3, 0.4) is 0 Å². The minimum Gasteiger partial charge on any atom is -0.407 e. The van der Waals surface area contributed by atoms with Crippen LogP contribution in [-0.2, 0) is 6.54 Å². The highest BCUT2D eigenvalue weighted by molar-refractivity contribution is 5.18. The zero-order valence-electron chi connectivity index (χ0n) is 13.6. The number of unbranched alkanes of at least 4 members (excludes halogenated alkanes) is 3. The van der Waals surface area contributed by atoms with Crippen molar-refractivity contribution in [1.29, 1.82) is 0 Å². The fourth-order valence-corrected chi connectivity index (χ4v) is 1.88. The number of nitrogens with one attached hydrogen (secondary N) is 2. The fraction of sp³-hybridized carbons (Fsp3) is 0.867. The molecule has 0 aliphatic rings. The van der Waals surface area contributed by atoms with E-state index in [4.69, 9.17) is 4.42 Å². The largest absolute Gasteiger partial charge is 0.407 e. The quantitative estimate of drug-likeness (QED) is 0.676. The van der Waals surface area contributed by atoms with Gasteiger partial charge in [0.15, 0.2) is 0 Å². The molecule has 0 radical (unpaired) electrons. The summed E-state index contributed by atoms with van der Waals surface area (Å²) < 4.78 is 5.58. The Bertz CT molecular complexity index is 370. The van der Waals surface area contributed by atoms with Crippen molar-refractivity contribution in [1.82, 2.24) is 15.5 Å². The van der Waals surface area contributed by atoms with E-state index in [1.807, 2.05) is 0 Å². The maximum absolute atomic E-state index is 5.58. The van der Waals surface area contributed by atoms with E-state index < -0.39 is 0 Å². The summed E-state index contributed by atoms with van der Waals surface area (Å²) in [6.45, 7) is 11.3. The molecule has 1 heterocycles. The molecule has 1 rings (SSSR count). The Morgan fingerprint density at radius 2 is 1.90 bits per heavy atom. The number of rotatable bonds is 9. The second kappa shape index (κ2) is 8.25. The minimum absolute atomic E-state index is 0.0502. The Labute approximate surface area is 122 Å². The van der Waals surface area contributed by atoms with Crippen LogP contribution in [0.15, 0.2) is 4.42 Å². The van der Waals surface area contributed by atoms with Gasteiger partial charge in [-0.05, 0) is 34.1 Å². The summed E-state index contributed by atoms with van der Waals surface area (Å²) in [6, 6.07) is 0.898. The smallest absolute Gasteiger partial charge is 0.315 e. The van der Waals surface area contributed by atoms with Gasteiger partial charge in [-0.25, -0.2) is 0 Å². The normalized spacial score (nSPS) is 13.4. The number of anilines is 1. The van der Waals surface area contributed by atoms with Crippen LogP contribution < -0.4 is 10.6 Å². The lowest BCUT2D eigenvalue weighted by molar-refractivity contribution is 0.383. The SMILES string of the molecule is CCCCCCC(C)Nc1nnc(CNC(C)(C)C)o1. The Balaban J connectivity index is 2.28. The third kappa shape index (κ3) is 7.48. The molecule has 0 aliphatic heterocycles. The summed E-state index contributed by atoms with van der Waals surface area (Å²) in [4.78, 5) is 0. The van der Waals surface area contributed by atoms with Gasteiger partial charge < -0.3 is 15.1 Å². The van der Waals surface area contributed by atoms with Crippen molar-refractivity contribution in [2.45, 2.75) is 84.8 Å². The van der Waals surface area contributed by atoms with E-state index in [1.54, 1.807) is 0 Å². The molecule has 0 bridgehead atoms. The fourth-order valence-electron chi connectivity index (χ4n) is 1.88. The average Bonchev–Trinajstić information content (AvgIpc) is 2.79. The van der Waals surface area contributed by atoms with Gasteiger partial charge in [-0.2, -0.15) is 0 Å². The average molecular weight is 282 g/mol. The lowest BCUT2D eigenvalue weighted by atomic mass is 10.1. The van der Waals surface area contributed by atoms with Crippen molar-refractivity contribution in [2.24, 2.45) is 0 Å². The molecule has 5 heteroatoms. The lowest BCUT2D eigenvalue weighted by Gasteiger charge is -2.18. The molecule has 20 heavy (non-hydrogen) atoms. The molecule has 1 atom stereocenters. The molecule has 1 aromatic heterocycles. The summed E-state index contributed by atoms with van der Waals surface area (Å²) in [5.41, 5.74) is 0.0502. The van der Waals surface area contributed by atoms with Crippen molar-refractivity contribution in [3.05, 3.63) is 5.89 Å². The molecule has 0 aliphatic carbocycles. The van der Waals surface area contributed by atoms with Crippen LogP contribution in [0.25, 0.3) is 0 Å². The van der Waals surface area contributed by atoms with Crippen LogP contribution >= 0.6 is 0 Å². The summed E-state index contributed by atoms with van der Waals surface area (Å²) in [5, 5.41) is 14.7. The molecule has 0 saturated heterocycles. The standard InChI is InChI=1S/C15H30N4O/c1-6-7-8-9-10-12(2)17-14-19-18-13(20-14)11-16-15(3,4)5/h12,16H,6-11H2,1-5H3,(H,17,19). The second-order valence-electron chi connectivity index (χ2n) is 6.50. The first-order valence-electron chi connectivity index (χ1n) is 7.74. The highest BCUT2D eigenvalue weighted by Crippen LogP contribution is 2.12. The van der Waals surface area contributed by atoms with Crippen molar-refractivity contribution in [3.63, 3.8) is 0 Å². The highest BCUT2D eigenvalue weighted by Gasteiger charge is 2.13. The first kappa shape index (κ1) is 17.0. The van der Waals surface area contributed by atoms with Gasteiger partial charge in [0.1, 0.15) is 0 Å². The van der Waals surface area contributed by atoms with E-state index in [2.05, 4.69) is 55.4 Å². The van der Waals surface area contributed by atoms with Gasteiger partial charge in [-0.15, -0.1) is 5.10 Å². The molecule has 116 valence electrons. The molecule has 2 N–H and O–H groups in total. The zero-order valence-corrected chi connectivity index (χ0v) is 13.6. The van der Waals surface area contributed by atoms with E-state index in [0.717, 1.165) is 6.42 Å². The first-order chi connectivity index (χ1) is 9.40. The third-order valence-corrected chi connectivity index (χ3v) is 3.10. The number of hydrogen-bond donors (Lipinski definition) is 2. The van der Waals surface area contributed by atoms with E-state index >= 15 is 0 Å². The molecular weight excluding hydrogens is 252 g/mol. The van der Waals surface area contributed by atoms with Crippen molar-refractivity contribution in [2.75, 3.05) is 5.32 Å². The molecule has 0 aromatic carbocycles. The van der Waals surface area contributed by atoms with Crippen LogP contribution in [0, 0.1) is 0 Å². The third-order valence-electron chi connectivity index (χ3n) is 3.10. The van der Waals surface area contributed by atoms with Gasteiger partial charge in [0, 0.05) is 11.6 Å². The topological polar surface area (TPSA) is 63.0 Å². The summed E-state index contributed by atoms with van der Waals surface area (Å²) >= 11 is 0. The molecule has 0 saturated carbocycles. The van der Waals surface area contributed by atoms with Crippen LogP contribution in [0.4, 0.5) is 6.01 Å². The predicted octanol–water partition coefficient (Wildman–Crippen LogP) is 3.73. The van der Waals surface area contributed by atoms with Crippen molar-refractivity contribution in [3.8, 4) is 0 Å². The Hall–Kier alpha value is -1.10. The Morgan fingerprint density at radius 1 is 1.15 bits per heavy atom. The van der Waals surface area contributed by atoms with Gasteiger partial charge in [0.2, 0.25) is 5.89 Å². The van der Waals surface area contributed by atoms with Crippen molar-refractivity contribution < 1.29 is 4.42 Å². The van der Waals surface area contributed by atoms with Gasteiger partial charge in [0.05, 0.1) is 6.54 Å². The summed E-state index contributed by atoms with van der Waals surface area (Å²) in [7, 11) is 0. The molecule has 0 fully saturated rings. The summed E-state index contributed by atoms with van der Waals surface area (Å²) in [6.07, 6.45) is 6.27. The van der Waals surface area contributed by atoms with Crippen LogP contribution in [0.5, 0.6) is 0 Å². The minimum atomic E-state index is 0.0502. The second-order valence-corrected chi connectivity index (χ2v) is 6.50. The van der Waals surface area contributed by atoms with Crippen LogP contribution in [0.1, 0.15) is 72.6 Å². The van der Waals surface area contributed by atoms with Gasteiger partial charge >= 0.3 is 6.01 Å². The summed E-state index contributed by atoms with van der Waals surface area (Å²) in [5.74, 6) is 0.626. The van der Waals surface area contributed by atoms with Gasteiger partial charge in [0.25, 0.3) is 0 Å². The predicted molar refractivity (Wildman–Crippen MR) is 82.7 cm³/mol. The van der Waals surface area contributed by atoms with E-state index in [-0.39, 0.29) is 5.54 Å². The lowest BCUT2D eigenvalue weighted by Crippen LogP contribution is -2.35. The van der Waals surface area contributed by atoms with Gasteiger partial charge in [-0.1, -0.05) is 37.7 Å². The highest BCUT2D eigenvalue weighted by atomic mass is 16.4. The number of aromatic nitrogens is 2. The van der Waals surface area contributed by atoms with Gasteiger partial charge in [-0.3, -0.25) is 0 Å². The van der Waals surface area contributed by atoms with E-state index in [0.29, 0.717) is 24.5 Å². The van der Waals surface area contributed by atoms with Crippen molar-refractivity contribution >= 4 is 6.01 Å². The first-order valence-corrected chi connectivity index (χ1v) is 7.74. The Kier molecular flexibility index (Phi) is 6.99. The van der Waals surface area contributed by atoms with Crippen LogP contribution in [-0.4, -0.2) is 21.8 Å². The van der Waals surface area contributed by atoms with E-state index in [1.165, 1.54) is 25.7 Å². The van der Waals surface area contributed by atoms with E-state index in [9.17, 15) is 0 Å². The number of nitrogens with zero attached hydrogens (tertiary/aromatic N) is 2.